The number of rotatable bonds is 2. The van der Waals surface area contributed by atoms with E-state index < -0.39 is 0 Å². The van der Waals surface area contributed by atoms with Gasteiger partial charge in [-0.2, -0.15) is 0 Å². The van der Waals surface area contributed by atoms with Crippen LogP contribution in [-0.4, -0.2) is 15.9 Å². The van der Waals surface area contributed by atoms with Crippen LogP contribution < -0.4 is 5.32 Å². The molecule has 1 amide bonds. The van der Waals surface area contributed by atoms with E-state index in [4.69, 9.17) is 23.2 Å². The van der Waals surface area contributed by atoms with Gasteiger partial charge in [0, 0.05) is 27.5 Å². The number of aromatic nitrogens is 2. The Morgan fingerprint density at radius 3 is 2.95 bits per heavy atom. The molecule has 0 saturated carbocycles. The molecule has 0 spiro atoms. The minimum atomic E-state index is -0.327. The molecule has 3 aromatic rings. The first kappa shape index (κ1) is 12.5. The van der Waals surface area contributed by atoms with Crippen molar-refractivity contribution in [1.82, 2.24) is 9.97 Å². The van der Waals surface area contributed by atoms with Crippen molar-refractivity contribution >= 4 is 56.5 Å². The molecule has 0 radical (unpaired) electrons. The number of amides is 1. The fourth-order valence-corrected chi connectivity index (χ4v) is 2.72. The van der Waals surface area contributed by atoms with Crippen LogP contribution in [0, 0.1) is 0 Å². The van der Waals surface area contributed by atoms with E-state index in [1.165, 1.54) is 11.3 Å². The summed E-state index contributed by atoms with van der Waals surface area (Å²) in [7, 11) is 0. The maximum atomic E-state index is 12.1. The lowest BCUT2D eigenvalue weighted by atomic mass is 10.2. The first-order valence-electron chi connectivity index (χ1n) is 5.33. The first-order chi connectivity index (χ1) is 9.15. The number of thiazole rings is 1. The van der Waals surface area contributed by atoms with Crippen LogP contribution in [0.25, 0.3) is 10.9 Å². The summed E-state index contributed by atoms with van der Waals surface area (Å²) >= 11 is 13.4. The van der Waals surface area contributed by atoms with Gasteiger partial charge in [-0.3, -0.25) is 10.1 Å². The molecule has 7 heteroatoms. The van der Waals surface area contributed by atoms with Crippen molar-refractivity contribution in [2.45, 2.75) is 0 Å². The Labute approximate surface area is 122 Å². The Kier molecular flexibility index (Phi) is 3.18. The molecule has 2 heterocycles. The van der Waals surface area contributed by atoms with Crippen LogP contribution in [0.5, 0.6) is 0 Å². The van der Waals surface area contributed by atoms with Gasteiger partial charge >= 0.3 is 0 Å². The summed E-state index contributed by atoms with van der Waals surface area (Å²) in [6.07, 6.45) is 1.62. The van der Waals surface area contributed by atoms with Gasteiger partial charge in [0.2, 0.25) is 0 Å². The number of carbonyl (C=O) groups is 1. The van der Waals surface area contributed by atoms with Crippen molar-refractivity contribution in [3.05, 3.63) is 45.5 Å². The fourth-order valence-electron chi connectivity index (χ4n) is 1.73. The van der Waals surface area contributed by atoms with E-state index in [9.17, 15) is 4.79 Å². The number of hydrogen-bond donors (Lipinski definition) is 2. The van der Waals surface area contributed by atoms with Gasteiger partial charge in [0.05, 0.1) is 5.02 Å². The van der Waals surface area contributed by atoms with Crippen LogP contribution >= 0.6 is 34.5 Å². The number of nitrogens with zero attached hydrogens (tertiary/aromatic N) is 1. The molecule has 0 aliphatic heterocycles. The van der Waals surface area contributed by atoms with Crippen LogP contribution in [0.15, 0.2) is 29.8 Å². The number of nitrogens with one attached hydrogen (secondary N) is 2. The van der Waals surface area contributed by atoms with Crippen LogP contribution in [-0.2, 0) is 0 Å². The van der Waals surface area contributed by atoms with Crippen LogP contribution in [0.1, 0.15) is 10.5 Å². The zero-order valence-electron chi connectivity index (χ0n) is 9.41. The molecule has 4 nitrogen and oxygen atoms in total. The number of carbonyl (C=O) groups excluding carboxylic acids is 1. The molecule has 0 bridgehead atoms. The number of halogens is 2. The van der Waals surface area contributed by atoms with Gasteiger partial charge in [-0.05, 0) is 18.2 Å². The van der Waals surface area contributed by atoms with Crippen LogP contribution in [0.2, 0.25) is 10.0 Å². The third-order valence-electron chi connectivity index (χ3n) is 2.58. The number of benzene rings is 1. The molecule has 2 N–H and O–H groups in total. The van der Waals surface area contributed by atoms with E-state index in [2.05, 4.69) is 15.3 Å². The molecule has 0 aliphatic carbocycles. The standard InChI is InChI=1S/C12H7Cl2N3OS/c13-6-1-2-8-7(5-6)9(14)10(16-8)11(18)17-12-15-3-4-19-12/h1-5,16H,(H,15,17,18). The van der Waals surface area contributed by atoms with Crippen molar-refractivity contribution in [2.24, 2.45) is 0 Å². The Morgan fingerprint density at radius 1 is 1.37 bits per heavy atom. The quantitative estimate of drug-likeness (QED) is 0.745. The van der Waals surface area contributed by atoms with E-state index in [0.29, 0.717) is 20.9 Å². The molecule has 1 aromatic carbocycles. The molecule has 96 valence electrons. The third-order valence-corrected chi connectivity index (χ3v) is 3.89. The highest BCUT2D eigenvalue weighted by molar-refractivity contribution is 7.13. The summed E-state index contributed by atoms with van der Waals surface area (Å²) in [5.74, 6) is -0.327. The Morgan fingerprint density at radius 2 is 2.21 bits per heavy atom. The van der Waals surface area contributed by atoms with Gasteiger partial charge in [0.1, 0.15) is 5.69 Å². The third kappa shape index (κ3) is 2.32. The lowest BCUT2D eigenvalue weighted by Crippen LogP contribution is -2.12. The van der Waals surface area contributed by atoms with Crippen molar-refractivity contribution in [2.75, 3.05) is 5.32 Å². The number of hydrogen-bond acceptors (Lipinski definition) is 3. The SMILES string of the molecule is O=C(Nc1nccs1)c1[nH]c2ccc(Cl)cc2c1Cl. The highest BCUT2D eigenvalue weighted by Crippen LogP contribution is 2.30. The average molecular weight is 312 g/mol. The van der Waals surface area contributed by atoms with Gasteiger partial charge in [-0.1, -0.05) is 23.2 Å². The van der Waals surface area contributed by atoms with E-state index in [-0.39, 0.29) is 5.91 Å². The molecule has 0 fully saturated rings. The Bertz CT molecular complexity index is 752. The topological polar surface area (TPSA) is 57.8 Å². The van der Waals surface area contributed by atoms with Crippen molar-refractivity contribution in [1.29, 1.82) is 0 Å². The van der Waals surface area contributed by atoms with Crippen molar-refractivity contribution in [3.63, 3.8) is 0 Å². The van der Waals surface area contributed by atoms with E-state index in [1.807, 2.05) is 0 Å². The van der Waals surface area contributed by atoms with E-state index >= 15 is 0 Å². The summed E-state index contributed by atoms with van der Waals surface area (Å²) in [5.41, 5.74) is 1.06. The average Bonchev–Trinajstić information content (AvgIpc) is 2.98. The van der Waals surface area contributed by atoms with Crippen LogP contribution in [0.3, 0.4) is 0 Å². The highest BCUT2D eigenvalue weighted by Gasteiger charge is 2.17. The normalized spacial score (nSPS) is 10.8. The lowest BCUT2D eigenvalue weighted by molar-refractivity contribution is 0.102. The second kappa shape index (κ2) is 4.85. The van der Waals surface area contributed by atoms with E-state index in [0.717, 1.165) is 10.9 Å². The van der Waals surface area contributed by atoms with Gasteiger partial charge in [-0.25, -0.2) is 4.98 Å². The summed E-state index contributed by atoms with van der Waals surface area (Å²) in [6, 6.07) is 5.23. The molecule has 0 atom stereocenters. The number of aromatic amines is 1. The van der Waals surface area contributed by atoms with Crippen molar-refractivity contribution in [3.8, 4) is 0 Å². The Hall–Kier alpha value is -1.56. The molecular weight excluding hydrogens is 305 g/mol. The maximum absolute atomic E-state index is 12.1. The number of H-pyrrole nitrogens is 1. The molecule has 0 unspecified atom stereocenters. The fraction of sp³-hybridized carbons (Fsp3) is 0. The minimum absolute atomic E-state index is 0.300. The van der Waals surface area contributed by atoms with Gasteiger partial charge in [0.15, 0.2) is 5.13 Å². The smallest absolute Gasteiger partial charge is 0.275 e. The molecular formula is C12H7Cl2N3OS. The number of fused-ring (bicyclic) bond motifs is 1. The predicted molar refractivity (Wildman–Crippen MR) is 78.4 cm³/mol. The second-order valence-corrected chi connectivity index (χ2v) is 5.50. The zero-order chi connectivity index (χ0) is 13.4. The summed E-state index contributed by atoms with van der Waals surface area (Å²) in [6.45, 7) is 0. The minimum Gasteiger partial charge on any atom is -0.349 e. The van der Waals surface area contributed by atoms with Gasteiger partial charge in [-0.15, -0.1) is 11.3 Å². The summed E-state index contributed by atoms with van der Waals surface area (Å²) in [4.78, 5) is 19.1. The predicted octanol–water partition coefficient (Wildman–Crippen LogP) is 4.18. The number of anilines is 1. The summed E-state index contributed by atoms with van der Waals surface area (Å²) < 4.78 is 0. The second-order valence-electron chi connectivity index (χ2n) is 3.80. The van der Waals surface area contributed by atoms with Crippen molar-refractivity contribution < 1.29 is 4.79 Å². The first-order valence-corrected chi connectivity index (χ1v) is 6.96. The zero-order valence-corrected chi connectivity index (χ0v) is 11.7. The van der Waals surface area contributed by atoms with Gasteiger partial charge in [0.25, 0.3) is 5.91 Å². The van der Waals surface area contributed by atoms with Crippen LogP contribution in [0.4, 0.5) is 5.13 Å². The van der Waals surface area contributed by atoms with E-state index in [1.54, 1.807) is 29.8 Å². The molecule has 0 saturated heterocycles. The van der Waals surface area contributed by atoms with Gasteiger partial charge < -0.3 is 4.98 Å². The Balaban J connectivity index is 2.00. The summed E-state index contributed by atoms with van der Waals surface area (Å²) in [5, 5.41) is 6.62. The molecule has 3 rings (SSSR count). The lowest BCUT2D eigenvalue weighted by Gasteiger charge is -1.99. The maximum Gasteiger partial charge on any atom is 0.275 e. The molecule has 0 aliphatic rings. The largest absolute Gasteiger partial charge is 0.349 e. The highest BCUT2D eigenvalue weighted by atomic mass is 35.5. The monoisotopic (exact) mass is 311 g/mol. The molecule has 19 heavy (non-hydrogen) atoms. The molecule has 2 aromatic heterocycles.